The molecule has 124 valence electrons. The highest BCUT2D eigenvalue weighted by atomic mass is 32.2. The van der Waals surface area contributed by atoms with Gasteiger partial charge >= 0.3 is 0 Å². The second-order valence-electron chi connectivity index (χ2n) is 5.41. The van der Waals surface area contributed by atoms with Crippen LogP contribution in [-0.4, -0.2) is 38.3 Å². The van der Waals surface area contributed by atoms with Gasteiger partial charge in [-0.25, -0.2) is 0 Å². The normalized spacial score (nSPS) is 12.1. The van der Waals surface area contributed by atoms with Crippen LogP contribution < -0.4 is 4.74 Å². The fourth-order valence-electron chi connectivity index (χ4n) is 2.13. The molecule has 1 atom stereocenters. The number of aryl methyl sites for hydroxylation is 1. The predicted octanol–water partition coefficient (Wildman–Crippen LogP) is 3.11. The lowest BCUT2D eigenvalue weighted by Gasteiger charge is -2.12. The van der Waals surface area contributed by atoms with E-state index in [2.05, 4.69) is 10.2 Å². The molecule has 0 aliphatic heterocycles. The van der Waals surface area contributed by atoms with E-state index in [1.54, 1.807) is 6.33 Å². The van der Waals surface area contributed by atoms with Gasteiger partial charge in [-0.15, -0.1) is 10.2 Å². The molecule has 1 N–H and O–H groups in total. The minimum absolute atomic E-state index is 0.246. The highest BCUT2D eigenvalue weighted by Gasteiger charge is 2.11. The van der Waals surface area contributed by atoms with Crippen molar-refractivity contribution in [1.29, 1.82) is 0 Å². The Morgan fingerprint density at radius 2 is 1.88 bits per heavy atom. The summed E-state index contributed by atoms with van der Waals surface area (Å²) >= 11 is 1.45. The molecule has 2 aromatic carbocycles. The van der Waals surface area contributed by atoms with E-state index in [0.717, 1.165) is 16.6 Å². The van der Waals surface area contributed by atoms with Gasteiger partial charge in [0.05, 0.1) is 6.10 Å². The van der Waals surface area contributed by atoms with Gasteiger partial charge in [0.1, 0.15) is 18.7 Å². The molecule has 0 aliphatic carbocycles. The first-order valence-electron chi connectivity index (χ1n) is 7.68. The lowest BCUT2D eigenvalue weighted by molar-refractivity contribution is 0.126. The van der Waals surface area contributed by atoms with Crippen LogP contribution in [0.15, 0.2) is 66.1 Å². The van der Waals surface area contributed by atoms with Gasteiger partial charge in [-0.2, -0.15) is 0 Å². The number of rotatable bonds is 7. The summed E-state index contributed by atoms with van der Waals surface area (Å²) in [5, 5.41) is 18.9. The SMILES string of the molecule is Cc1ccc(OC[C@@H](O)CSc2nncn2-c2ccccc2)cc1. The monoisotopic (exact) mass is 341 g/mol. The number of hydrogen-bond acceptors (Lipinski definition) is 5. The van der Waals surface area contributed by atoms with Crippen LogP contribution in [0.1, 0.15) is 5.56 Å². The van der Waals surface area contributed by atoms with Crippen LogP contribution in [-0.2, 0) is 0 Å². The van der Waals surface area contributed by atoms with E-state index >= 15 is 0 Å². The third-order valence-corrected chi connectivity index (χ3v) is 4.51. The lowest BCUT2D eigenvalue weighted by atomic mass is 10.2. The molecule has 0 amide bonds. The van der Waals surface area contributed by atoms with Gasteiger partial charge in [-0.05, 0) is 31.2 Å². The van der Waals surface area contributed by atoms with Gasteiger partial charge in [0.15, 0.2) is 5.16 Å². The van der Waals surface area contributed by atoms with Crippen LogP contribution in [0.2, 0.25) is 0 Å². The van der Waals surface area contributed by atoms with Crippen LogP contribution in [0.25, 0.3) is 5.69 Å². The molecule has 0 radical (unpaired) electrons. The zero-order valence-corrected chi connectivity index (χ0v) is 14.2. The predicted molar refractivity (Wildman–Crippen MR) is 94.8 cm³/mol. The largest absolute Gasteiger partial charge is 0.491 e. The smallest absolute Gasteiger partial charge is 0.195 e. The van der Waals surface area contributed by atoms with E-state index in [-0.39, 0.29) is 6.61 Å². The van der Waals surface area contributed by atoms with E-state index in [9.17, 15) is 5.11 Å². The Balaban J connectivity index is 1.53. The standard InChI is InChI=1S/C18H19N3O2S/c1-14-7-9-17(10-8-14)23-11-16(22)12-24-18-20-19-13-21(18)15-5-3-2-4-6-15/h2-10,13,16,22H,11-12H2,1H3/t16-/m1/s1. The lowest BCUT2D eigenvalue weighted by Crippen LogP contribution is -2.20. The fourth-order valence-corrected chi connectivity index (χ4v) is 2.97. The molecular weight excluding hydrogens is 322 g/mol. The summed E-state index contributed by atoms with van der Waals surface area (Å²) in [4.78, 5) is 0. The van der Waals surface area contributed by atoms with Crippen molar-refractivity contribution in [2.45, 2.75) is 18.2 Å². The number of benzene rings is 2. The number of thioether (sulfide) groups is 1. The molecule has 0 aliphatic rings. The van der Waals surface area contributed by atoms with E-state index in [0.29, 0.717) is 5.75 Å². The molecule has 24 heavy (non-hydrogen) atoms. The molecule has 0 bridgehead atoms. The summed E-state index contributed by atoms with van der Waals surface area (Å²) in [7, 11) is 0. The number of hydrogen-bond donors (Lipinski definition) is 1. The van der Waals surface area contributed by atoms with Gasteiger partial charge in [-0.1, -0.05) is 47.7 Å². The Bertz CT molecular complexity index is 759. The maximum Gasteiger partial charge on any atom is 0.195 e. The molecule has 3 aromatic rings. The molecule has 1 aromatic heterocycles. The third-order valence-electron chi connectivity index (χ3n) is 3.42. The summed E-state index contributed by atoms with van der Waals surface area (Å²) in [5.74, 6) is 1.24. The van der Waals surface area contributed by atoms with E-state index in [4.69, 9.17) is 4.74 Å². The minimum Gasteiger partial charge on any atom is -0.491 e. The average Bonchev–Trinajstić information content (AvgIpc) is 3.09. The Morgan fingerprint density at radius 1 is 1.12 bits per heavy atom. The molecule has 0 unspecified atom stereocenters. The van der Waals surface area contributed by atoms with Crippen molar-refractivity contribution in [2.75, 3.05) is 12.4 Å². The van der Waals surface area contributed by atoms with Crippen LogP contribution in [0.5, 0.6) is 5.75 Å². The quantitative estimate of drug-likeness (QED) is 0.669. The Hall–Kier alpha value is -2.31. The molecule has 1 heterocycles. The number of aromatic nitrogens is 3. The number of nitrogens with zero attached hydrogens (tertiary/aromatic N) is 3. The van der Waals surface area contributed by atoms with Crippen molar-refractivity contribution in [3.8, 4) is 11.4 Å². The molecule has 0 saturated carbocycles. The van der Waals surface area contributed by atoms with E-state index in [1.165, 1.54) is 17.3 Å². The zero-order valence-electron chi connectivity index (χ0n) is 13.4. The summed E-state index contributed by atoms with van der Waals surface area (Å²) in [6.45, 7) is 2.27. The summed E-state index contributed by atoms with van der Waals surface area (Å²) in [5.41, 5.74) is 2.18. The number of para-hydroxylation sites is 1. The first-order valence-corrected chi connectivity index (χ1v) is 8.67. The Labute approximate surface area is 145 Å². The maximum atomic E-state index is 10.1. The van der Waals surface area contributed by atoms with Crippen molar-refractivity contribution in [2.24, 2.45) is 0 Å². The fraction of sp³-hybridized carbons (Fsp3) is 0.222. The summed E-state index contributed by atoms with van der Waals surface area (Å²) < 4.78 is 7.50. The van der Waals surface area contributed by atoms with E-state index < -0.39 is 6.10 Å². The van der Waals surface area contributed by atoms with Crippen molar-refractivity contribution in [3.63, 3.8) is 0 Å². The van der Waals surface area contributed by atoms with Gasteiger partial charge in [0.2, 0.25) is 0 Å². The van der Waals surface area contributed by atoms with Crippen LogP contribution in [0, 0.1) is 6.92 Å². The second-order valence-corrected chi connectivity index (χ2v) is 6.40. The third kappa shape index (κ3) is 4.37. The summed E-state index contributed by atoms with van der Waals surface area (Å²) in [6.07, 6.45) is 1.09. The highest BCUT2D eigenvalue weighted by molar-refractivity contribution is 7.99. The molecule has 0 spiro atoms. The van der Waals surface area contributed by atoms with Crippen molar-refractivity contribution in [1.82, 2.24) is 14.8 Å². The number of aliphatic hydroxyl groups excluding tert-OH is 1. The Morgan fingerprint density at radius 3 is 2.62 bits per heavy atom. The highest BCUT2D eigenvalue weighted by Crippen LogP contribution is 2.20. The molecule has 3 rings (SSSR count). The molecular formula is C18H19N3O2S. The summed E-state index contributed by atoms with van der Waals surface area (Å²) in [6, 6.07) is 17.7. The minimum atomic E-state index is -0.586. The maximum absolute atomic E-state index is 10.1. The van der Waals surface area contributed by atoms with Crippen LogP contribution in [0.4, 0.5) is 0 Å². The van der Waals surface area contributed by atoms with Crippen molar-refractivity contribution in [3.05, 3.63) is 66.5 Å². The molecule has 0 fully saturated rings. The van der Waals surface area contributed by atoms with Gasteiger partial charge in [0.25, 0.3) is 0 Å². The number of aliphatic hydroxyl groups is 1. The van der Waals surface area contributed by atoms with Crippen molar-refractivity contribution >= 4 is 11.8 Å². The molecule has 6 heteroatoms. The van der Waals surface area contributed by atoms with Gasteiger partial charge in [0, 0.05) is 11.4 Å². The molecule has 0 saturated heterocycles. The van der Waals surface area contributed by atoms with E-state index in [1.807, 2.05) is 66.1 Å². The van der Waals surface area contributed by atoms with Gasteiger partial charge in [-0.3, -0.25) is 4.57 Å². The van der Waals surface area contributed by atoms with Crippen molar-refractivity contribution < 1.29 is 9.84 Å². The van der Waals surface area contributed by atoms with Crippen LogP contribution >= 0.6 is 11.8 Å². The molecule has 5 nitrogen and oxygen atoms in total. The zero-order chi connectivity index (χ0) is 16.8. The first kappa shape index (κ1) is 16.5. The Kier molecular flexibility index (Phi) is 5.51. The average molecular weight is 341 g/mol. The topological polar surface area (TPSA) is 60.2 Å². The number of ether oxygens (including phenoxy) is 1. The van der Waals surface area contributed by atoms with Gasteiger partial charge < -0.3 is 9.84 Å². The van der Waals surface area contributed by atoms with Crippen LogP contribution in [0.3, 0.4) is 0 Å². The first-order chi connectivity index (χ1) is 11.7. The second kappa shape index (κ2) is 7.99.